The summed E-state index contributed by atoms with van der Waals surface area (Å²) in [6.45, 7) is 2.07. The van der Waals surface area contributed by atoms with Gasteiger partial charge in [0.25, 0.3) is 5.54 Å². The Kier molecular flexibility index (Phi) is 5.61. The number of carbonyl (C=O) groups is 2. The van der Waals surface area contributed by atoms with Crippen LogP contribution in [0.15, 0.2) is 42.5 Å². The highest BCUT2D eigenvalue weighted by molar-refractivity contribution is 6.01. The molecule has 2 aliphatic rings. The summed E-state index contributed by atoms with van der Waals surface area (Å²) in [5.41, 5.74) is -3.76. The van der Waals surface area contributed by atoms with Crippen LogP contribution in [0.25, 0.3) is 0 Å². The van der Waals surface area contributed by atoms with Gasteiger partial charge in [0.2, 0.25) is 5.78 Å². The smallest absolute Gasteiger partial charge is 0.294 e. The second-order valence-electron chi connectivity index (χ2n) is 7.74. The van der Waals surface area contributed by atoms with Gasteiger partial charge in [-0.3, -0.25) is 34.7 Å². The maximum Gasteiger partial charge on any atom is 0.305 e. The van der Waals surface area contributed by atoms with Crippen molar-refractivity contribution in [2.75, 3.05) is 19.6 Å². The molecule has 9 heteroatoms. The predicted molar refractivity (Wildman–Crippen MR) is 104 cm³/mol. The Morgan fingerprint density at radius 1 is 1.17 bits per heavy atom. The fourth-order valence-corrected chi connectivity index (χ4v) is 4.51. The Hall–Kier alpha value is -2.94. The summed E-state index contributed by atoms with van der Waals surface area (Å²) in [5, 5.41) is 24.4. The summed E-state index contributed by atoms with van der Waals surface area (Å²) < 4.78 is 0. The molecule has 1 heterocycles. The Morgan fingerprint density at radius 3 is 2.45 bits per heavy atom. The van der Waals surface area contributed by atoms with Crippen molar-refractivity contribution >= 4 is 11.6 Å². The van der Waals surface area contributed by atoms with Gasteiger partial charge in [0.15, 0.2) is 5.78 Å². The van der Waals surface area contributed by atoms with Crippen molar-refractivity contribution < 1.29 is 19.4 Å². The fourth-order valence-electron chi connectivity index (χ4n) is 4.51. The van der Waals surface area contributed by atoms with E-state index in [1.165, 1.54) is 0 Å². The van der Waals surface area contributed by atoms with E-state index in [0.29, 0.717) is 18.5 Å². The van der Waals surface area contributed by atoms with E-state index in [1.807, 2.05) is 6.92 Å². The van der Waals surface area contributed by atoms with Gasteiger partial charge in [-0.1, -0.05) is 43.7 Å². The minimum Gasteiger partial charge on any atom is -0.294 e. The third-order valence-corrected chi connectivity index (χ3v) is 6.05. The standard InChI is InChI=1S/C20H23N3O6/c1-2-3-11-21-13-19(22(26)27)10-9-18(25)20(14-21,23(28)29)17(19)12-16(24)15-7-5-4-6-8-15/h4-10,17H,2-3,11-14H2,1H3/t17-,19-,20+/m0/s1. The highest BCUT2D eigenvalue weighted by atomic mass is 16.6. The van der Waals surface area contributed by atoms with Crippen LogP contribution >= 0.6 is 0 Å². The summed E-state index contributed by atoms with van der Waals surface area (Å²) in [6, 6.07) is 8.15. The van der Waals surface area contributed by atoms with Crippen LogP contribution in [0.1, 0.15) is 36.5 Å². The topological polar surface area (TPSA) is 124 Å². The molecule has 1 aromatic rings. The number of fused-ring (bicyclic) bond motifs is 2. The number of piperidine rings is 1. The number of Topliss-reactive ketones (excluding diaryl/α,β-unsaturated/α-hetero) is 1. The Balaban J connectivity index is 2.09. The van der Waals surface area contributed by atoms with E-state index in [0.717, 1.165) is 18.6 Å². The average molecular weight is 401 g/mol. The van der Waals surface area contributed by atoms with E-state index in [9.17, 15) is 29.8 Å². The van der Waals surface area contributed by atoms with E-state index in [2.05, 4.69) is 0 Å². The lowest BCUT2D eigenvalue weighted by Crippen LogP contribution is -2.75. The third-order valence-electron chi connectivity index (χ3n) is 6.05. The molecule has 0 spiro atoms. The first-order chi connectivity index (χ1) is 13.8. The molecule has 0 saturated carbocycles. The summed E-state index contributed by atoms with van der Waals surface area (Å²) in [4.78, 5) is 50.4. The van der Waals surface area contributed by atoms with E-state index < -0.39 is 44.8 Å². The summed E-state index contributed by atoms with van der Waals surface area (Å²) in [6.07, 6.45) is 3.20. The largest absolute Gasteiger partial charge is 0.305 e. The summed E-state index contributed by atoms with van der Waals surface area (Å²) >= 11 is 0. The lowest BCUT2D eigenvalue weighted by atomic mass is 9.60. The molecule has 3 rings (SSSR count). The normalized spacial score (nSPS) is 28.9. The Labute approximate surface area is 167 Å². The molecule has 1 fully saturated rings. The molecule has 154 valence electrons. The monoisotopic (exact) mass is 401 g/mol. The highest BCUT2D eigenvalue weighted by Gasteiger charge is 2.74. The molecular formula is C20H23N3O6. The van der Waals surface area contributed by atoms with Gasteiger partial charge in [-0.2, -0.15) is 0 Å². The number of carbonyl (C=O) groups excluding carboxylic acids is 2. The molecule has 0 unspecified atom stereocenters. The molecule has 3 atom stereocenters. The fraction of sp³-hybridized carbons (Fsp3) is 0.500. The second-order valence-corrected chi connectivity index (χ2v) is 7.74. The molecule has 1 saturated heterocycles. The number of likely N-dealkylation sites (tertiary alicyclic amines) is 1. The molecule has 9 nitrogen and oxygen atoms in total. The van der Waals surface area contributed by atoms with Gasteiger partial charge in [-0.05, 0) is 25.1 Å². The van der Waals surface area contributed by atoms with Crippen LogP contribution in [0.5, 0.6) is 0 Å². The van der Waals surface area contributed by atoms with E-state index in [1.54, 1.807) is 35.2 Å². The van der Waals surface area contributed by atoms with Crippen LogP contribution in [0.2, 0.25) is 0 Å². The third kappa shape index (κ3) is 3.35. The number of unbranched alkanes of at least 4 members (excludes halogenated alkanes) is 1. The Morgan fingerprint density at radius 2 is 1.86 bits per heavy atom. The van der Waals surface area contributed by atoms with Crippen molar-refractivity contribution in [3.05, 3.63) is 68.3 Å². The maximum atomic E-state index is 12.8. The minimum absolute atomic E-state index is 0.0634. The van der Waals surface area contributed by atoms with Gasteiger partial charge in [-0.25, -0.2) is 0 Å². The summed E-state index contributed by atoms with van der Waals surface area (Å²) in [5.74, 6) is -2.59. The number of hydrogen-bond donors (Lipinski definition) is 0. The van der Waals surface area contributed by atoms with Crippen molar-refractivity contribution in [1.29, 1.82) is 0 Å². The molecular weight excluding hydrogens is 378 g/mol. The number of nitro groups is 2. The van der Waals surface area contributed by atoms with Crippen LogP contribution in [-0.4, -0.2) is 57.0 Å². The van der Waals surface area contributed by atoms with E-state index >= 15 is 0 Å². The van der Waals surface area contributed by atoms with Gasteiger partial charge < -0.3 is 0 Å². The molecule has 0 aromatic heterocycles. The molecule has 0 radical (unpaired) electrons. The Bertz CT molecular complexity index is 870. The number of rotatable bonds is 8. The number of hydrogen-bond acceptors (Lipinski definition) is 7. The van der Waals surface area contributed by atoms with E-state index in [4.69, 9.17) is 0 Å². The number of nitrogens with zero attached hydrogens (tertiary/aromatic N) is 3. The molecule has 1 aromatic carbocycles. The molecule has 0 N–H and O–H groups in total. The van der Waals surface area contributed by atoms with Crippen LogP contribution in [-0.2, 0) is 4.79 Å². The first-order valence-electron chi connectivity index (χ1n) is 9.61. The van der Waals surface area contributed by atoms with Gasteiger partial charge in [0.05, 0.1) is 13.1 Å². The first-order valence-corrected chi connectivity index (χ1v) is 9.61. The number of benzene rings is 1. The van der Waals surface area contributed by atoms with Crippen molar-refractivity contribution in [1.82, 2.24) is 4.90 Å². The van der Waals surface area contributed by atoms with Crippen molar-refractivity contribution in [2.24, 2.45) is 5.92 Å². The second kappa shape index (κ2) is 7.82. The molecule has 29 heavy (non-hydrogen) atoms. The lowest BCUT2D eigenvalue weighted by Gasteiger charge is -2.48. The van der Waals surface area contributed by atoms with Crippen LogP contribution in [0, 0.1) is 26.1 Å². The van der Waals surface area contributed by atoms with Crippen molar-refractivity contribution in [3.8, 4) is 0 Å². The predicted octanol–water partition coefficient (Wildman–Crippen LogP) is 2.16. The van der Waals surface area contributed by atoms with Gasteiger partial charge in [0.1, 0.15) is 5.92 Å². The molecule has 1 aliphatic carbocycles. The maximum absolute atomic E-state index is 12.8. The van der Waals surface area contributed by atoms with Crippen molar-refractivity contribution in [2.45, 2.75) is 37.3 Å². The molecule has 2 bridgehead atoms. The summed E-state index contributed by atoms with van der Waals surface area (Å²) in [7, 11) is 0. The van der Waals surface area contributed by atoms with Gasteiger partial charge >= 0.3 is 5.54 Å². The van der Waals surface area contributed by atoms with E-state index in [-0.39, 0.29) is 13.1 Å². The zero-order valence-corrected chi connectivity index (χ0v) is 16.2. The van der Waals surface area contributed by atoms with Gasteiger partial charge in [-0.15, -0.1) is 0 Å². The molecule has 0 amide bonds. The number of ketones is 2. The van der Waals surface area contributed by atoms with Crippen LogP contribution in [0.3, 0.4) is 0 Å². The zero-order valence-electron chi connectivity index (χ0n) is 16.2. The van der Waals surface area contributed by atoms with Crippen LogP contribution < -0.4 is 0 Å². The van der Waals surface area contributed by atoms with Crippen molar-refractivity contribution in [3.63, 3.8) is 0 Å². The average Bonchev–Trinajstić information content (AvgIpc) is 2.70. The first kappa shape index (κ1) is 20.8. The zero-order chi connectivity index (χ0) is 21.2. The lowest BCUT2D eigenvalue weighted by molar-refractivity contribution is -0.623. The SMILES string of the molecule is CCCCN1C[C@@]2([N+](=O)[O-])C=CC(=O)[C@@]([N+](=O)[O-])(C1)[C@H]2CC(=O)c1ccccc1. The molecule has 1 aliphatic heterocycles. The van der Waals surface area contributed by atoms with Crippen LogP contribution in [0.4, 0.5) is 0 Å². The van der Waals surface area contributed by atoms with Gasteiger partial charge in [0, 0.05) is 21.8 Å². The minimum atomic E-state index is -2.21. The highest BCUT2D eigenvalue weighted by Crippen LogP contribution is 2.46. The quantitative estimate of drug-likeness (QED) is 0.371.